The molecular formula is C17H13Cl2N3O. The van der Waals surface area contributed by atoms with E-state index in [-0.39, 0.29) is 0 Å². The lowest BCUT2D eigenvalue weighted by molar-refractivity contribution is 0.393. The van der Waals surface area contributed by atoms with Crippen molar-refractivity contribution in [2.75, 3.05) is 7.11 Å². The fourth-order valence-corrected chi connectivity index (χ4v) is 2.75. The number of ether oxygens (including phenoxy) is 1. The lowest BCUT2D eigenvalue weighted by Gasteiger charge is -2.15. The topological polar surface area (TPSA) is 47.9 Å². The zero-order valence-corrected chi connectivity index (χ0v) is 14.1. The highest BCUT2D eigenvalue weighted by molar-refractivity contribution is 6.33. The number of benzene rings is 1. The zero-order chi connectivity index (χ0) is 16.4. The quantitative estimate of drug-likeness (QED) is 0.682. The molecular weight excluding hydrogens is 333 g/mol. The summed E-state index contributed by atoms with van der Waals surface area (Å²) in [6, 6.07) is 11.1. The number of pyridine rings is 1. The van der Waals surface area contributed by atoms with Crippen molar-refractivity contribution in [3.05, 3.63) is 58.3 Å². The molecule has 0 fully saturated rings. The minimum absolute atomic E-state index is 0.376. The molecule has 3 aromatic rings. The van der Waals surface area contributed by atoms with Crippen LogP contribution in [0.15, 0.2) is 42.6 Å². The Hall–Kier alpha value is -2.17. The van der Waals surface area contributed by atoms with Crippen LogP contribution in [0.4, 0.5) is 0 Å². The highest BCUT2D eigenvalue weighted by atomic mass is 35.5. The van der Waals surface area contributed by atoms with Gasteiger partial charge in [-0.1, -0.05) is 35.3 Å². The van der Waals surface area contributed by atoms with Crippen molar-refractivity contribution in [1.82, 2.24) is 15.2 Å². The van der Waals surface area contributed by atoms with Gasteiger partial charge in [0.05, 0.1) is 29.1 Å². The van der Waals surface area contributed by atoms with Gasteiger partial charge >= 0.3 is 0 Å². The summed E-state index contributed by atoms with van der Waals surface area (Å²) in [5.41, 5.74) is 3.89. The molecule has 2 aromatic heterocycles. The molecule has 4 nitrogen and oxygen atoms in total. The molecule has 6 heteroatoms. The first kappa shape index (κ1) is 15.7. The number of hydrogen-bond donors (Lipinski definition) is 0. The van der Waals surface area contributed by atoms with Gasteiger partial charge in [-0.2, -0.15) is 5.10 Å². The third kappa shape index (κ3) is 3.00. The molecule has 0 radical (unpaired) electrons. The van der Waals surface area contributed by atoms with Crippen molar-refractivity contribution in [2.24, 2.45) is 0 Å². The predicted octanol–water partition coefficient (Wildman–Crippen LogP) is 4.83. The van der Waals surface area contributed by atoms with E-state index in [1.807, 2.05) is 31.2 Å². The Morgan fingerprint density at radius 2 is 1.70 bits per heavy atom. The summed E-state index contributed by atoms with van der Waals surface area (Å²) < 4.78 is 5.40. The van der Waals surface area contributed by atoms with Gasteiger partial charge in [-0.3, -0.25) is 4.98 Å². The second kappa shape index (κ2) is 6.52. The van der Waals surface area contributed by atoms with Gasteiger partial charge in [-0.25, -0.2) is 0 Å². The Balaban J connectivity index is 2.35. The van der Waals surface area contributed by atoms with Gasteiger partial charge in [0, 0.05) is 16.8 Å². The van der Waals surface area contributed by atoms with Crippen LogP contribution in [-0.4, -0.2) is 22.3 Å². The van der Waals surface area contributed by atoms with E-state index in [0.717, 1.165) is 16.8 Å². The monoisotopic (exact) mass is 345 g/mol. The van der Waals surface area contributed by atoms with Crippen LogP contribution in [0.25, 0.3) is 22.4 Å². The molecule has 0 saturated carbocycles. The first-order valence-electron chi connectivity index (χ1n) is 6.90. The molecule has 23 heavy (non-hydrogen) atoms. The van der Waals surface area contributed by atoms with Gasteiger partial charge in [-0.05, 0) is 36.8 Å². The minimum Gasteiger partial charge on any atom is -0.479 e. The summed E-state index contributed by atoms with van der Waals surface area (Å²) in [5, 5.41) is 9.49. The van der Waals surface area contributed by atoms with E-state index in [9.17, 15) is 0 Å². The van der Waals surface area contributed by atoms with Crippen LogP contribution in [-0.2, 0) is 0 Å². The standard InChI is InChI=1S/C17H13Cl2N3O/c1-10-14(11-5-7-12(18)8-6-11)15(17(23-2)22-21-10)16-13(19)4-3-9-20-16/h3-9H,1-2H3. The first-order valence-corrected chi connectivity index (χ1v) is 7.65. The van der Waals surface area contributed by atoms with Crippen LogP contribution in [0.1, 0.15) is 5.69 Å². The Morgan fingerprint density at radius 3 is 2.35 bits per heavy atom. The van der Waals surface area contributed by atoms with Crippen molar-refractivity contribution in [2.45, 2.75) is 6.92 Å². The van der Waals surface area contributed by atoms with E-state index in [2.05, 4.69) is 15.2 Å². The summed E-state index contributed by atoms with van der Waals surface area (Å²) in [6.45, 7) is 1.89. The van der Waals surface area contributed by atoms with Crippen molar-refractivity contribution in [1.29, 1.82) is 0 Å². The summed E-state index contributed by atoms with van der Waals surface area (Å²) in [7, 11) is 1.55. The molecule has 116 valence electrons. The van der Waals surface area contributed by atoms with Crippen molar-refractivity contribution in [3.8, 4) is 28.3 Å². The summed E-state index contributed by atoms with van der Waals surface area (Å²) in [6.07, 6.45) is 1.68. The Morgan fingerprint density at radius 1 is 0.957 bits per heavy atom. The molecule has 1 aromatic carbocycles. The molecule has 0 aliphatic rings. The molecule has 0 atom stereocenters. The molecule has 0 saturated heterocycles. The third-order valence-electron chi connectivity index (χ3n) is 3.44. The highest BCUT2D eigenvalue weighted by Gasteiger charge is 2.21. The van der Waals surface area contributed by atoms with Crippen molar-refractivity contribution in [3.63, 3.8) is 0 Å². The molecule has 0 unspecified atom stereocenters. The molecule has 2 heterocycles. The minimum atomic E-state index is 0.376. The SMILES string of the molecule is COc1nnc(C)c(-c2ccc(Cl)cc2)c1-c1ncccc1Cl. The fraction of sp³-hybridized carbons (Fsp3) is 0.118. The molecule has 0 amide bonds. The summed E-state index contributed by atoms with van der Waals surface area (Å²) >= 11 is 12.3. The Bertz CT molecular complexity index is 851. The van der Waals surface area contributed by atoms with Crippen LogP contribution in [0.5, 0.6) is 5.88 Å². The van der Waals surface area contributed by atoms with Crippen LogP contribution < -0.4 is 4.74 Å². The second-order valence-corrected chi connectivity index (χ2v) is 5.73. The average molecular weight is 346 g/mol. The molecule has 0 bridgehead atoms. The second-order valence-electron chi connectivity index (χ2n) is 4.89. The molecule has 0 aliphatic carbocycles. The van der Waals surface area contributed by atoms with Gasteiger partial charge < -0.3 is 4.74 Å². The Kier molecular flexibility index (Phi) is 4.46. The number of aromatic nitrogens is 3. The zero-order valence-electron chi connectivity index (χ0n) is 12.5. The third-order valence-corrected chi connectivity index (χ3v) is 3.99. The van der Waals surface area contributed by atoms with E-state index >= 15 is 0 Å². The largest absolute Gasteiger partial charge is 0.479 e. The number of rotatable bonds is 3. The smallest absolute Gasteiger partial charge is 0.243 e. The van der Waals surface area contributed by atoms with Gasteiger partial charge in [0.1, 0.15) is 0 Å². The number of nitrogens with zero attached hydrogens (tertiary/aromatic N) is 3. The van der Waals surface area contributed by atoms with Crippen LogP contribution in [0.3, 0.4) is 0 Å². The van der Waals surface area contributed by atoms with Gasteiger partial charge in [0.15, 0.2) is 0 Å². The first-order chi connectivity index (χ1) is 11.1. The highest BCUT2D eigenvalue weighted by Crippen LogP contribution is 2.40. The molecule has 0 spiro atoms. The Labute approximate surface area is 144 Å². The lowest BCUT2D eigenvalue weighted by Crippen LogP contribution is -2.02. The lowest BCUT2D eigenvalue weighted by atomic mass is 9.97. The van der Waals surface area contributed by atoms with Crippen molar-refractivity contribution < 1.29 is 4.74 Å². The summed E-state index contributed by atoms with van der Waals surface area (Å²) in [5.74, 6) is 0.376. The maximum absolute atomic E-state index is 6.34. The molecule has 0 N–H and O–H groups in total. The van der Waals surface area contributed by atoms with Crippen LogP contribution >= 0.6 is 23.2 Å². The van der Waals surface area contributed by atoms with E-state index in [0.29, 0.717) is 27.2 Å². The van der Waals surface area contributed by atoms with Crippen molar-refractivity contribution >= 4 is 23.2 Å². The van der Waals surface area contributed by atoms with Gasteiger partial charge in [0.2, 0.25) is 5.88 Å². The van der Waals surface area contributed by atoms with Gasteiger partial charge in [0.25, 0.3) is 0 Å². The van der Waals surface area contributed by atoms with E-state index in [1.165, 1.54) is 0 Å². The van der Waals surface area contributed by atoms with E-state index < -0.39 is 0 Å². The number of methoxy groups -OCH3 is 1. The number of aryl methyl sites for hydroxylation is 1. The maximum Gasteiger partial charge on any atom is 0.243 e. The fourth-order valence-electron chi connectivity index (χ4n) is 2.41. The van der Waals surface area contributed by atoms with Crippen LogP contribution in [0.2, 0.25) is 10.0 Å². The van der Waals surface area contributed by atoms with E-state index in [1.54, 1.807) is 25.4 Å². The van der Waals surface area contributed by atoms with E-state index in [4.69, 9.17) is 27.9 Å². The number of hydrogen-bond acceptors (Lipinski definition) is 4. The predicted molar refractivity (Wildman–Crippen MR) is 92.0 cm³/mol. The normalized spacial score (nSPS) is 10.6. The number of halogens is 2. The summed E-state index contributed by atoms with van der Waals surface area (Å²) in [4.78, 5) is 4.40. The molecule has 0 aliphatic heterocycles. The molecule has 3 rings (SSSR count). The van der Waals surface area contributed by atoms with Gasteiger partial charge in [-0.15, -0.1) is 5.10 Å². The van der Waals surface area contributed by atoms with Crippen LogP contribution in [0, 0.1) is 6.92 Å². The average Bonchev–Trinajstić information content (AvgIpc) is 2.56. The maximum atomic E-state index is 6.34.